The van der Waals surface area contributed by atoms with Crippen molar-refractivity contribution in [1.29, 1.82) is 0 Å². The number of nitrogens with zero attached hydrogens (tertiary/aromatic N) is 10. The summed E-state index contributed by atoms with van der Waals surface area (Å²) < 4.78 is 0. The van der Waals surface area contributed by atoms with Gasteiger partial charge in [-0.3, -0.25) is 40.5 Å². The van der Waals surface area contributed by atoms with Crippen molar-refractivity contribution in [3.8, 4) is 45.6 Å². The average molecular weight is 758 g/mol. The molecule has 0 radical (unpaired) electrons. The molecule has 53 heavy (non-hydrogen) atoms. The standard InChI is InChI=1S/C32H14N12O8.Cu/c45-41(46)21-19-20(22(42(47)48)24(44(51)52)23(21)43(49)50)32-39-30-18-12-6-4-10-16(18)28(37-30)35-26-14-8-2-1-7-13(14)25(33-26)34-27-15-9-3-5-11-17(15)29(36-27)38-31(19)40-32;/h1-12H,(H2,33,34,35,36,37,38,39,40);/q;+1. The van der Waals surface area contributed by atoms with Crippen LogP contribution in [0.25, 0.3) is 89.7 Å². The Morgan fingerprint density at radius 2 is 0.679 bits per heavy atom. The quantitative estimate of drug-likeness (QED) is 0.110. The molecule has 3 aromatic heterocycles. The van der Waals surface area contributed by atoms with Crippen LogP contribution < -0.4 is 0 Å². The first-order valence-corrected chi connectivity index (χ1v) is 15.0. The van der Waals surface area contributed by atoms with E-state index in [9.17, 15) is 40.5 Å². The van der Waals surface area contributed by atoms with E-state index in [-0.39, 0.29) is 40.4 Å². The Kier molecular flexibility index (Phi) is 7.20. The number of nitrogens with one attached hydrogen (secondary N) is 2. The van der Waals surface area contributed by atoms with E-state index in [0.717, 1.165) is 0 Å². The molecule has 2 N–H and O–H groups in total. The SMILES string of the molecule is O=[N+]([O-])c1c([N+](=O)[O-])c([N+](=O)[O-])c2c3nc4nc(nc5[nH]c(nc6nc(nc([nH]3)c2c1[N+](=O)[O-])-c1ccccc1-6)c1ccccc51)-c1ccccc1-4.[Cu+]. The van der Waals surface area contributed by atoms with Crippen LogP contribution in [-0.2, 0) is 17.1 Å². The minimum absolute atomic E-state index is 0. The molecular weight excluding hydrogens is 744 g/mol. The number of aromatic nitrogens is 8. The van der Waals surface area contributed by atoms with E-state index < -0.39 is 64.5 Å². The Balaban J connectivity index is 0.00000400. The van der Waals surface area contributed by atoms with Crippen LogP contribution >= 0.6 is 0 Å². The molecule has 0 unspecified atom stereocenters. The molecule has 0 atom stereocenters. The Labute approximate surface area is 301 Å². The van der Waals surface area contributed by atoms with Crippen molar-refractivity contribution < 1.29 is 36.8 Å². The van der Waals surface area contributed by atoms with Crippen molar-refractivity contribution in [2.45, 2.75) is 0 Å². The fourth-order valence-electron chi connectivity index (χ4n) is 6.54. The fraction of sp³-hybridized carbons (Fsp3) is 0. The van der Waals surface area contributed by atoms with Crippen LogP contribution in [0.2, 0.25) is 0 Å². The molecule has 20 nitrogen and oxygen atoms in total. The number of hydrogen-bond acceptors (Lipinski definition) is 14. The van der Waals surface area contributed by atoms with Crippen molar-refractivity contribution in [2.24, 2.45) is 0 Å². The van der Waals surface area contributed by atoms with Crippen LogP contribution in [0.1, 0.15) is 0 Å². The number of H-pyrrole nitrogens is 2. The predicted molar refractivity (Wildman–Crippen MR) is 183 cm³/mol. The summed E-state index contributed by atoms with van der Waals surface area (Å²) in [6.07, 6.45) is 0. The van der Waals surface area contributed by atoms with Gasteiger partial charge in [0.05, 0.1) is 19.7 Å². The minimum atomic E-state index is -1.70. The summed E-state index contributed by atoms with van der Waals surface area (Å²) in [6.45, 7) is 0. The molecule has 21 heteroatoms. The Bertz CT molecular complexity index is 2820. The maximum absolute atomic E-state index is 12.6. The number of fused-ring (bicyclic) bond motifs is 20. The average Bonchev–Trinajstić information content (AvgIpc) is 3.86. The fourth-order valence-corrected chi connectivity index (χ4v) is 6.54. The second-order valence-corrected chi connectivity index (χ2v) is 11.4. The maximum atomic E-state index is 12.6. The van der Waals surface area contributed by atoms with Gasteiger partial charge in [0.15, 0.2) is 23.3 Å². The van der Waals surface area contributed by atoms with Gasteiger partial charge in [0.25, 0.3) is 0 Å². The largest absolute Gasteiger partial charge is 1.00 e. The first kappa shape index (κ1) is 32.6. The normalized spacial score (nSPS) is 11.5. The molecule has 7 aromatic rings. The van der Waals surface area contributed by atoms with E-state index >= 15 is 0 Å². The van der Waals surface area contributed by atoms with Crippen molar-refractivity contribution in [2.75, 3.05) is 0 Å². The maximum Gasteiger partial charge on any atom is 1.00 e. The predicted octanol–water partition coefficient (Wildman–Crippen LogP) is 6.50. The van der Waals surface area contributed by atoms with E-state index in [1.54, 1.807) is 48.5 Å². The van der Waals surface area contributed by atoms with Gasteiger partial charge in [0.1, 0.15) is 33.4 Å². The number of nitro groups is 4. The summed E-state index contributed by atoms with van der Waals surface area (Å²) in [4.78, 5) is 78.3. The third-order valence-electron chi connectivity index (χ3n) is 8.62. The van der Waals surface area contributed by atoms with Crippen molar-refractivity contribution in [3.63, 3.8) is 0 Å². The Morgan fingerprint density at radius 3 is 1.00 bits per heavy atom. The molecule has 4 aromatic carbocycles. The van der Waals surface area contributed by atoms with Gasteiger partial charge in [-0.1, -0.05) is 72.8 Å². The molecule has 0 saturated heterocycles. The van der Waals surface area contributed by atoms with Gasteiger partial charge in [-0.25, -0.2) is 29.9 Å². The third-order valence-corrected chi connectivity index (χ3v) is 8.62. The van der Waals surface area contributed by atoms with Crippen molar-refractivity contribution >= 4 is 66.9 Å². The number of hydrogen-bond donors (Lipinski definition) is 2. The van der Waals surface area contributed by atoms with Gasteiger partial charge in [-0.15, -0.1) is 0 Å². The third kappa shape index (κ3) is 4.76. The first-order chi connectivity index (χ1) is 25.1. The molecule has 2 aliphatic heterocycles. The Morgan fingerprint density at radius 1 is 0.396 bits per heavy atom. The van der Waals surface area contributed by atoms with Gasteiger partial charge in [0, 0.05) is 33.0 Å². The van der Waals surface area contributed by atoms with Gasteiger partial charge < -0.3 is 9.97 Å². The summed E-state index contributed by atoms with van der Waals surface area (Å²) in [5, 5.41) is 49.7. The molecule has 260 valence electrons. The van der Waals surface area contributed by atoms with Gasteiger partial charge >= 0.3 is 39.8 Å². The van der Waals surface area contributed by atoms with Crippen LogP contribution in [0.4, 0.5) is 22.7 Å². The number of aromatic amines is 2. The van der Waals surface area contributed by atoms with Crippen LogP contribution in [-0.4, -0.2) is 59.6 Å². The van der Waals surface area contributed by atoms with Crippen LogP contribution in [0, 0.1) is 40.5 Å². The number of benzene rings is 4. The molecule has 2 aliphatic rings. The van der Waals surface area contributed by atoms with Crippen LogP contribution in [0.15, 0.2) is 72.8 Å². The molecular formula is C32H14CuN12O8+. The molecule has 9 rings (SSSR count). The first-order valence-electron chi connectivity index (χ1n) is 15.0. The van der Waals surface area contributed by atoms with E-state index in [1.807, 2.05) is 24.3 Å². The summed E-state index contributed by atoms with van der Waals surface area (Å²) >= 11 is 0. The second kappa shape index (κ2) is 11.7. The minimum Gasteiger partial charge on any atom is -0.324 e. The molecule has 8 bridgehead atoms. The topological polar surface area (TPSA) is 281 Å². The molecule has 0 fully saturated rings. The van der Waals surface area contributed by atoms with E-state index in [4.69, 9.17) is 9.97 Å². The van der Waals surface area contributed by atoms with Gasteiger partial charge in [-0.2, -0.15) is 0 Å². The summed E-state index contributed by atoms with van der Waals surface area (Å²) in [5.74, 6) is 0.187. The second-order valence-electron chi connectivity index (χ2n) is 11.4. The number of nitro benzene ring substituents is 4. The molecule has 0 amide bonds. The van der Waals surface area contributed by atoms with Crippen LogP contribution in [0.5, 0.6) is 0 Å². The van der Waals surface area contributed by atoms with E-state index in [0.29, 0.717) is 44.3 Å². The monoisotopic (exact) mass is 757 g/mol. The summed E-state index contributed by atoms with van der Waals surface area (Å²) in [6, 6.07) is 20.9. The summed E-state index contributed by atoms with van der Waals surface area (Å²) in [7, 11) is 0. The molecule has 5 heterocycles. The van der Waals surface area contributed by atoms with Gasteiger partial charge in [-0.05, 0) is 0 Å². The molecule has 0 saturated carbocycles. The zero-order valence-electron chi connectivity index (χ0n) is 26.0. The summed E-state index contributed by atoms with van der Waals surface area (Å²) in [5.41, 5.74) is -4.69. The zero-order chi connectivity index (χ0) is 36.0. The number of rotatable bonds is 4. The van der Waals surface area contributed by atoms with Crippen molar-refractivity contribution in [3.05, 3.63) is 113 Å². The Hall–Kier alpha value is -7.64. The van der Waals surface area contributed by atoms with Gasteiger partial charge in [0.2, 0.25) is 0 Å². The smallest absolute Gasteiger partial charge is 0.324 e. The van der Waals surface area contributed by atoms with Crippen LogP contribution in [0.3, 0.4) is 0 Å². The van der Waals surface area contributed by atoms with Crippen molar-refractivity contribution in [1.82, 2.24) is 39.9 Å². The van der Waals surface area contributed by atoms with E-state index in [2.05, 4.69) is 29.9 Å². The molecule has 0 aliphatic carbocycles. The zero-order valence-corrected chi connectivity index (χ0v) is 26.9. The van der Waals surface area contributed by atoms with E-state index in [1.165, 1.54) is 0 Å². The molecule has 0 spiro atoms.